The summed E-state index contributed by atoms with van der Waals surface area (Å²) in [6.07, 6.45) is -6.41. The maximum atomic E-state index is 12.4. The molecule has 0 heterocycles. The Balaban J connectivity index is 2.64. The fraction of sp³-hybridized carbons (Fsp3) is 0.632. The number of aliphatic hydroxyl groups excluding tert-OH is 5. The number of aliphatic hydroxyl groups is 5. The first-order valence-electron chi connectivity index (χ1n) is 9.28. The number of anilines is 1. The molecule has 1 aromatic rings. The molecule has 5 N–H and O–H groups in total. The first-order chi connectivity index (χ1) is 13.7. The van der Waals surface area contributed by atoms with Gasteiger partial charge in [-0.3, -0.25) is 4.79 Å². The zero-order chi connectivity index (χ0) is 22.0. The van der Waals surface area contributed by atoms with Crippen molar-refractivity contribution in [3.05, 3.63) is 29.8 Å². The van der Waals surface area contributed by atoms with Gasteiger partial charge in [0.2, 0.25) is 5.91 Å². The molecule has 166 valence electrons. The lowest BCUT2D eigenvalue weighted by Crippen LogP contribution is -2.50. The number of likely N-dealkylation sites (N-methyl/N-ethyl adjacent to an activating group) is 1. The van der Waals surface area contributed by atoms with Crippen LogP contribution in [-0.2, 0) is 11.2 Å². The van der Waals surface area contributed by atoms with Crippen LogP contribution in [0, 0.1) is 0 Å². The van der Waals surface area contributed by atoms with Gasteiger partial charge in [-0.25, -0.2) is 0 Å². The van der Waals surface area contributed by atoms with E-state index in [9.17, 15) is 25.2 Å². The highest BCUT2D eigenvalue weighted by Crippen LogP contribution is 2.16. The molecule has 0 saturated carbocycles. The Morgan fingerprint density at radius 3 is 1.97 bits per heavy atom. The normalized spacial score (nSPS) is 15.4. The van der Waals surface area contributed by atoms with E-state index in [0.717, 1.165) is 11.3 Å². The highest BCUT2D eigenvalue weighted by atomic mass is 35.5. The SMILES string of the molecule is CN(C[C@H](O)[C@@H](O)[C@H](O)[C@H](O)CO)C(=O)Cc1ccc(N(CCCl)CCCl)cc1. The van der Waals surface area contributed by atoms with E-state index >= 15 is 0 Å². The van der Waals surface area contributed by atoms with Crippen LogP contribution >= 0.6 is 23.2 Å². The molecule has 1 aromatic carbocycles. The largest absolute Gasteiger partial charge is 0.394 e. The second-order valence-corrected chi connectivity index (χ2v) is 7.54. The number of carbonyl (C=O) groups excluding carboxylic acids is 1. The van der Waals surface area contributed by atoms with Crippen LogP contribution in [0.1, 0.15) is 5.56 Å². The summed E-state index contributed by atoms with van der Waals surface area (Å²) < 4.78 is 0. The monoisotopic (exact) mass is 452 g/mol. The minimum atomic E-state index is -1.73. The molecule has 0 aromatic heterocycles. The van der Waals surface area contributed by atoms with Crippen LogP contribution in [0.4, 0.5) is 5.69 Å². The lowest BCUT2D eigenvalue weighted by atomic mass is 10.0. The molecule has 0 spiro atoms. The molecule has 0 unspecified atom stereocenters. The third kappa shape index (κ3) is 8.25. The highest BCUT2D eigenvalue weighted by molar-refractivity contribution is 6.18. The molecule has 10 heteroatoms. The lowest BCUT2D eigenvalue weighted by Gasteiger charge is -2.28. The van der Waals surface area contributed by atoms with Crippen molar-refractivity contribution in [2.24, 2.45) is 0 Å². The molecule has 4 atom stereocenters. The zero-order valence-corrected chi connectivity index (χ0v) is 17.9. The molecule has 0 aliphatic heterocycles. The van der Waals surface area contributed by atoms with E-state index < -0.39 is 31.0 Å². The Kier molecular flexibility index (Phi) is 11.8. The molecule has 0 bridgehead atoms. The third-order valence-corrected chi connectivity index (χ3v) is 4.92. The molecule has 8 nitrogen and oxygen atoms in total. The van der Waals surface area contributed by atoms with Gasteiger partial charge in [-0.1, -0.05) is 12.1 Å². The fourth-order valence-electron chi connectivity index (χ4n) is 2.76. The van der Waals surface area contributed by atoms with Crippen molar-refractivity contribution in [2.75, 3.05) is 49.9 Å². The van der Waals surface area contributed by atoms with E-state index in [1.807, 2.05) is 29.2 Å². The van der Waals surface area contributed by atoms with Crippen LogP contribution in [0.15, 0.2) is 24.3 Å². The first kappa shape index (κ1) is 25.9. The van der Waals surface area contributed by atoms with E-state index in [4.69, 9.17) is 28.3 Å². The van der Waals surface area contributed by atoms with E-state index in [-0.39, 0.29) is 18.9 Å². The number of amides is 1. The van der Waals surface area contributed by atoms with Gasteiger partial charge in [-0.05, 0) is 17.7 Å². The number of hydrogen-bond acceptors (Lipinski definition) is 7. The lowest BCUT2D eigenvalue weighted by molar-refractivity contribution is -0.137. The Morgan fingerprint density at radius 2 is 1.48 bits per heavy atom. The second-order valence-electron chi connectivity index (χ2n) is 6.78. The number of hydrogen-bond donors (Lipinski definition) is 5. The van der Waals surface area contributed by atoms with Gasteiger partial charge < -0.3 is 35.3 Å². The molecule has 0 saturated heterocycles. The number of benzene rings is 1. The molecule has 0 aliphatic carbocycles. The number of carbonyl (C=O) groups is 1. The van der Waals surface area contributed by atoms with Crippen LogP contribution < -0.4 is 4.90 Å². The maximum absolute atomic E-state index is 12.4. The third-order valence-electron chi connectivity index (χ3n) is 4.58. The molecule has 0 fully saturated rings. The Labute approximate surface area is 180 Å². The molecule has 1 amide bonds. The number of halogens is 2. The van der Waals surface area contributed by atoms with Gasteiger partial charge in [0, 0.05) is 44.1 Å². The van der Waals surface area contributed by atoms with Crippen LogP contribution in [0.5, 0.6) is 0 Å². The van der Waals surface area contributed by atoms with Gasteiger partial charge in [0.1, 0.15) is 24.4 Å². The molecule has 0 aliphatic rings. The Bertz CT molecular complexity index is 601. The van der Waals surface area contributed by atoms with Crippen molar-refractivity contribution < 1.29 is 30.3 Å². The van der Waals surface area contributed by atoms with Gasteiger partial charge in [-0.2, -0.15) is 0 Å². The summed E-state index contributed by atoms with van der Waals surface area (Å²) in [5.41, 5.74) is 1.72. The fourth-order valence-corrected chi connectivity index (χ4v) is 3.17. The Hall–Kier alpha value is -1.13. The van der Waals surface area contributed by atoms with Crippen LogP contribution in [0.3, 0.4) is 0 Å². The molecule has 29 heavy (non-hydrogen) atoms. The predicted molar refractivity (Wildman–Crippen MR) is 113 cm³/mol. The minimum Gasteiger partial charge on any atom is -0.394 e. The van der Waals surface area contributed by atoms with Gasteiger partial charge >= 0.3 is 0 Å². The second kappa shape index (κ2) is 13.2. The smallest absolute Gasteiger partial charge is 0.226 e. The molecular weight excluding hydrogens is 423 g/mol. The van der Waals surface area contributed by atoms with Crippen molar-refractivity contribution in [1.82, 2.24) is 4.90 Å². The molecular formula is C19H30Cl2N2O6. The maximum Gasteiger partial charge on any atom is 0.226 e. The zero-order valence-electron chi connectivity index (χ0n) is 16.4. The molecule has 1 rings (SSSR count). The summed E-state index contributed by atoms with van der Waals surface area (Å²) in [4.78, 5) is 15.7. The molecule has 0 radical (unpaired) electrons. The quantitative estimate of drug-likeness (QED) is 0.253. The van der Waals surface area contributed by atoms with Gasteiger partial charge in [-0.15, -0.1) is 23.2 Å². The standard InChI is InChI=1S/C19H30Cl2N2O6/c1-22(11-15(25)18(28)19(29)16(26)12-24)17(27)10-13-2-4-14(5-3-13)23(8-6-20)9-7-21/h2-5,15-16,18-19,24-26,28-29H,6-12H2,1H3/t15-,16+,18+,19+/m0/s1. The summed E-state index contributed by atoms with van der Waals surface area (Å²) in [6.45, 7) is 0.314. The van der Waals surface area contributed by atoms with E-state index in [1.54, 1.807) is 0 Å². The highest BCUT2D eigenvalue weighted by Gasteiger charge is 2.31. The van der Waals surface area contributed by atoms with Crippen molar-refractivity contribution in [2.45, 2.75) is 30.8 Å². The van der Waals surface area contributed by atoms with Crippen LogP contribution in [0.2, 0.25) is 0 Å². The summed E-state index contributed by atoms with van der Waals surface area (Å²) in [5, 5.41) is 47.6. The average molecular weight is 453 g/mol. The summed E-state index contributed by atoms with van der Waals surface area (Å²) in [6, 6.07) is 7.41. The predicted octanol–water partition coefficient (Wildman–Crippen LogP) is -0.593. The number of rotatable bonds is 13. The van der Waals surface area contributed by atoms with Crippen molar-refractivity contribution >= 4 is 34.8 Å². The topological polar surface area (TPSA) is 125 Å². The average Bonchev–Trinajstić information content (AvgIpc) is 2.72. The van der Waals surface area contributed by atoms with Crippen LogP contribution in [-0.4, -0.2) is 106 Å². The van der Waals surface area contributed by atoms with E-state index in [1.165, 1.54) is 11.9 Å². The van der Waals surface area contributed by atoms with Crippen molar-refractivity contribution in [3.63, 3.8) is 0 Å². The minimum absolute atomic E-state index is 0.0897. The van der Waals surface area contributed by atoms with Crippen molar-refractivity contribution in [1.29, 1.82) is 0 Å². The van der Waals surface area contributed by atoms with E-state index in [0.29, 0.717) is 24.8 Å². The van der Waals surface area contributed by atoms with Crippen LogP contribution in [0.25, 0.3) is 0 Å². The van der Waals surface area contributed by atoms with Gasteiger partial charge in [0.25, 0.3) is 0 Å². The Morgan fingerprint density at radius 1 is 0.966 bits per heavy atom. The van der Waals surface area contributed by atoms with E-state index in [2.05, 4.69) is 0 Å². The number of nitrogens with zero attached hydrogens (tertiary/aromatic N) is 2. The summed E-state index contributed by atoms with van der Waals surface area (Å²) >= 11 is 11.6. The first-order valence-corrected chi connectivity index (χ1v) is 10.3. The number of alkyl halides is 2. The summed E-state index contributed by atoms with van der Waals surface area (Å²) in [5.74, 6) is 0.653. The van der Waals surface area contributed by atoms with Gasteiger partial charge in [0.15, 0.2) is 0 Å². The summed E-state index contributed by atoms with van der Waals surface area (Å²) in [7, 11) is 1.46. The van der Waals surface area contributed by atoms with Gasteiger partial charge in [0.05, 0.1) is 13.0 Å². The van der Waals surface area contributed by atoms with Crippen molar-refractivity contribution in [3.8, 4) is 0 Å².